The molecule has 0 aliphatic rings. The molecule has 0 fully saturated rings. The van der Waals surface area contributed by atoms with Gasteiger partial charge < -0.3 is 15.0 Å². The zero-order valence-electron chi connectivity index (χ0n) is 21.2. The van der Waals surface area contributed by atoms with Crippen molar-refractivity contribution in [2.45, 2.75) is 46.2 Å². The van der Waals surface area contributed by atoms with Crippen molar-refractivity contribution in [2.75, 3.05) is 13.2 Å². The lowest BCUT2D eigenvalue weighted by molar-refractivity contribution is -0.142. The number of hydrogen-bond acceptors (Lipinski definition) is 3. The van der Waals surface area contributed by atoms with Gasteiger partial charge in [-0.25, -0.2) is 0 Å². The highest BCUT2D eigenvalue weighted by Crippen LogP contribution is 2.19. The molecule has 6 heteroatoms. The van der Waals surface area contributed by atoms with Crippen LogP contribution in [0.5, 0.6) is 5.75 Å². The lowest BCUT2D eigenvalue weighted by Crippen LogP contribution is -2.52. The Morgan fingerprint density at radius 2 is 1.61 bits per heavy atom. The van der Waals surface area contributed by atoms with Crippen LogP contribution in [-0.4, -0.2) is 35.9 Å². The Balaban J connectivity index is 1.88. The van der Waals surface area contributed by atoms with E-state index in [4.69, 9.17) is 16.3 Å². The quantitative estimate of drug-likeness (QED) is 0.343. The van der Waals surface area contributed by atoms with Gasteiger partial charge in [-0.1, -0.05) is 87.0 Å². The van der Waals surface area contributed by atoms with Gasteiger partial charge in [0, 0.05) is 24.5 Å². The third kappa shape index (κ3) is 8.42. The fourth-order valence-electron chi connectivity index (χ4n) is 3.86. The van der Waals surface area contributed by atoms with Crippen molar-refractivity contribution >= 4 is 23.4 Å². The second-order valence-corrected chi connectivity index (χ2v) is 9.72. The summed E-state index contributed by atoms with van der Waals surface area (Å²) in [4.78, 5) is 28.6. The van der Waals surface area contributed by atoms with Gasteiger partial charge in [0.15, 0.2) is 6.61 Å². The predicted octanol–water partition coefficient (Wildman–Crippen LogP) is 5.69. The maximum Gasteiger partial charge on any atom is 0.261 e. The van der Waals surface area contributed by atoms with E-state index in [1.807, 2.05) is 86.6 Å². The number of amides is 2. The van der Waals surface area contributed by atoms with Crippen LogP contribution >= 0.6 is 11.6 Å². The van der Waals surface area contributed by atoms with Crippen LogP contribution in [0.1, 0.15) is 37.5 Å². The van der Waals surface area contributed by atoms with E-state index < -0.39 is 6.04 Å². The molecule has 0 aliphatic carbocycles. The van der Waals surface area contributed by atoms with Crippen molar-refractivity contribution in [1.29, 1.82) is 0 Å². The zero-order valence-corrected chi connectivity index (χ0v) is 22.0. The average molecular weight is 507 g/mol. The Kier molecular flexibility index (Phi) is 10.4. The van der Waals surface area contributed by atoms with Gasteiger partial charge in [0.1, 0.15) is 11.8 Å². The maximum atomic E-state index is 13.6. The second-order valence-electron chi connectivity index (χ2n) is 9.28. The minimum absolute atomic E-state index is 0.172. The normalized spacial score (nSPS) is 11.7. The van der Waals surface area contributed by atoms with E-state index >= 15 is 0 Å². The summed E-state index contributed by atoms with van der Waals surface area (Å²) >= 11 is 6.22. The molecule has 1 unspecified atom stereocenters. The molecule has 0 radical (unpaired) electrons. The fraction of sp³-hybridized carbons (Fsp3) is 0.333. The molecular weight excluding hydrogens is 472 g/mol. The summed E-state index contributed by atoms with van der Waals surface area (Å²) in [6.07, 6.45) is 1.32. The molecule has 1 atom stereocenters. The van der Waals surface area contributed by atoms with Crippen LogP contribution in [0.15, 0.2) is 78.9 Å². The Labute approximate surface area is 219 Å². The summed E-state index contributed by atoms with van der Waals surface area (Å²) in [7, 11) is 0. The van der Waals surface area contributed by atoms with Crippen LogP contribution in [0.25, 0.3) is 0 Å². The first-order valence-corrected chi connectivity index (χ1v) is 12.8. The summed E-state index contributed by atoms with van der Waals surface area (Å²) in [5.74, 6) is 0.454. The largest absolute Gasteiger partial charge is 0.484 e. The van der Waals surface area contributed by atoms with E-state index in [0.717, 1.165) is 17.5 Å². The number of carbonyl (C=O) groups excluding carboxylic acids is 2. The highest BCUT2D eigenvalue weighted by molar-refractivity contribution is 6.30. The SMILES string of the molecule is CCc1ccc(OCC(=O)N(Cc2cccc(Cl)c2)C(Cc2ccccc2)C(=O)NCC(C)C)cc1. The summed E-state index contributed by atoms with van der Waals surface area (Å²) in [6, 6.07) is 24.1. The first-order chi connectivity index (χ1) is 17.4. The summed E-state index contributed by atoms with van der Waals surface area (Å²) < 4.78 is 5.84. The van der Waals surface area contributed by atoms with Gasteiger partial charge in [0.05, 0.1) is 0 Å². The van der Waals surface area contributed by atoms with Crippen LogP contribution in [0.3, 0.4) is 0 Å². The van der Waals surface area contributed by atoms with E-state index in [1.165, 1.54) is 5.56 Å². The number of ether oxygens (including phenoxy) is 1. The number of halogens is 1. The molecule has 0 heterocycles. The topological polar surface area (TPSA) is 58.6 Å². The average Bonchev–Trinajstić information content (AvgIpc) is 2.88. The zero-order chi connectivity index (χ0) is 25.9. The molecule has 0 aromatic heterocycles. The van der Waals surface area contributed by atoms with Crippen LogP contribution in [0.2, 0.25) is 5.02 Å². The molecule has 0 bridgehead atoms. The highest BCUT2D eigenvalue weighted by atomic mass is 35.5. The number of benzene rings is 3. The van der Waals surface area contributed by atoms with E-state index in [1.54, 1.807) is 11.0 Å². The van der Waals surface area contributed by atoms with Crippen LogP contribution in [-0.2, 0) is 29.0 Å². The summed E-state index contributed by atoms with van der Waals surface area (Å²) in [6.45, 7) is 6.77. The van der Waals surface area contributed by atoms with Gasteiger partial charge in [-0.2, -0.15) is 0 Å². The molecule has 3 aromatic carbocycles. The number of rotatable bonds is 12. The van der Waals surface area contributed by atoms with E-state index in [2.05, 4.69) is 12.2 Å². The minimum Gasteiger partial charge on any atom is -0.484 e. The van der Waals surface area contributed by atoms with E-state index in [0.29, 0.717) is 23.7 Å². The molecule has 3 rings (SSSR count). The predicted molar refractivity (Wildman–Crippen MR) is 145 cm³/mol. The molecule has 0 aliphatic heterocycles. The molecule has 0 spiro atoms. The molecule has 190 valence electrons. The Hall–Kier alpha value is -3.31. The Morgan fingerprint density at radius 3 is 2.25 bits per heavy atom. The third-order valence-electron chi connectivity index (χ3n) is 5.89. The molecule has 2 amide bonds. The van der Waals surface area contributed by atoms with Crippen molar-refractivity contribution in [3.63, 3.8) is 0 Å². The van der Waals surface area contributed by atoms with Gasteiger partial charge in [0.25, 0.3) is 5.91 Å². The van der Waals surface area contributed by atoms with Gasteiger partial charge in [-0.15, -0.1) is 0 Å². The first-order valence-electron chi connectivity index (χ1n) is 12.4. The maximum absolute atomic E-state index is 13.6. The van der Waals surface area contributed by atoms with Gasteiger partial charge in [-0.05, 0) is 53.3 Å². The monoisotopic (exact) mass is 506 g/mol. The molecule has 36 heavy (non-hydrogen) atoms. The lowest BCUT2D eigenvalue weighted by atomic mass is 10.0. The number of aryl methyl sites for hydroxylation is 1. The molecule has 5 nitrogen and oxygen atoms in total. The van der Waals surface area contributed by atoms with Crippen LogP contribution in [0.4, 0.5) is 0 Å². The summed E-state index contributed by atoms with van der Waals surface area (Å²) in [5.41, 5.74) is 3.01. The van der Waals surface area contributed by atoms with Gasteiger partial charge in [-0.3, -0.25) is 9.59 Å². The van der Waals surface area contributed by atoms with Crippen molar-refractivity contribution in [1.82, 2.24) is 10.2 Å². The standard InChI is InChI=1S/C30H35ClN2O3/c1-4-23-13-15-27(16-14-23)36-21-29(34)33(20-25-11-8-12-26(31)17-25)28(30(35)32-19-22(2)3)18-24-9-6-5-7-10-24/h5-17,22,28H,4,18-21H2,1-3H3,(H,32,35). The lowest BCUT2D eigenvalue weighted by Gasteiger charge is -2.31. The smallest absolute Gasteiger partial charge is 0.261 e. The first kappa shape index (κ1) is 27.3. The van der Waals surface area contributed by atoms with Crippen LogP contribution < -0.4 is 10.1 Å². The second kappa shape index (κ2) is 13.7. The van der Waals surface area contributed by atoms with Crippen molar-refractivity contribution in [2.24, 2.45) is 5.92 Å². The van der Waals surface area contributed by atoms with Crippen molar-refractivity contribution in [3.8, 4) is 5.75 Å². The fourth-order valence-corrected chi connectivity index (χ4v) is 4.07. The van der Waals surface area contributed by atoms with Gasteiger partial charge >= 0.3 is 0 Å². The number of carbonyl (C=O) groups is 2. The van der Waals surface area contributed by atoms with Crippen LogP contribution in [0, 0.1) is 5.92 Å². The minimum atomic E-state index is -0.705. The van der Waals surface area contributed by atoms with E-state index in [9.17, 15) is 9.59 Å². The Bertz CT molecular complexity index is 1120. The highest BCUT2D eigenvalue weighted by Gasteiger charge is 2.30. The van der Waals surface area contributed by atoms with Crippen molar-refractivity contribution < 1.29 is 14.3 Å². The Morgan fingerprint density at radius 1 is 0.917 bits per heavy atom. The molecular formula is C30H35ClN2O3. The third-order valence-corrected chi connectivity index (χ3v) is 6.13. The molecule has 0 saturated heterocycles. The molecule has 0 saturated carbocycles. The number of hydrogen-bond donors (Lipinski definition) is 1. The summed E-state index contributed by atoms with van der Waals surface area (Å²) in [5, 5.41) is 3.60. The molecule has 3 aromatic rings. The number of nitrogens with zero attached hydrogens (tertiary/aromatic N) is 1. The molecule has 1 N–H and O–H groups in total. The van der Waals surface area contributed by atoms with E-state index in [-0.39, 0.29) is 30.9 Å². The number of nitrogens with one attached hydrogen (secondary N) is 1. The van der Waals surface area contributed by atoms with Gasteiger partial charge in [0.2, 0.25) is 5.91 Å². The van der Waals surface area contributed by atoms with Crippen molar-refractivity contribution in [3.05, 3.63) is 101 Å².